The summed E-state index contributed by atoms with van der Waals surface area (Å²) in [7, 11) is 0. The summed E-state index contributed by atoms with van der Waals surface area (Å²) in [5, 5.41) is 4.68. The number of rotatable bonds is 5. The first-order valence-electron chi connectivity index (χ1n) is 7.62. The summed E-state index contributed by atoms with van der Waals surface area (Å²) < 4.78 is 1.55. The molecule has 0 saturated heterocycles. The van der Waals surface area contributed by atoms with E-state index in [0.717, 1.165) is 18.5 Å². The van der Waals surface area contributed by atoms with Crippen molar-refractivity contribution in [3.8, 4) is 0 Å². The second kappa shape index (κ2) is 6.87. The molecule has 1 aliphatic rings. The first-order valence-corrected chi connectivity index (χ1v) is 8.50. The average Bonchev–Trinajstić information content (AvgIpc) is 3.22. The Hall–Kier alpha value is -1.95. The van der Waals surface area contributed by atoms with E-state index in [1.54, 1.807) is 23.0 Å². The first kappa shape index (κ1) is 15.0. The van der Waals surface area contributed by atoms with Crippen molar-refractivity contribution in [2.45, 2.75) is 38.1 Å². The second-order valence-electron chi connectivity index (χ2n) is 5.56. The van der Waals surface area contributed by atoms with Gasteiger partial charge < -0.3 is 5.32 Å². The van der Waals surface area contributed by atoms with Gasteiger partial charge in [-0.2, -0.15) is 0 Å². The quantitative estimate of drug-likeness (QED) is 0.921. The number of thiophene rings is 1. The van der Waals surface area contributed by atoms with Crippen molar-refractivity contribution in [3.05, 3.63) is 50.8 Å². The molecule has 0 radical (unpaired) electrons. The van der Waals surface area contributed by atoms with Crippen LogP contribution in [0.1, 0.15) is 47.0 Å². The van der Waals surface area contributed by atoms with Crippen LogP contribution in [0.25, 0.3) is 0 Å². The fourth-order valence-corrected chi connectivity index (χ4v) is 3.48. The molecule has 1 fully saturated rings. The predicted molar refractivity (Wildman–Crippen MR) is 86.4 cm³/mol. The number of hydrogen-bond acceptors (Lipinski definition) is 4. The molecule has 5 nitrogen and oxygen atoms in total. The van der Waals surface area contributed by atoms with Gasteiger partial charge in [0.05, 0.1) is 16.9 Å². The Bertz CT molecular complexity index is 688. The number of nitrogens with one attached hydrogen (secondary N) is 1. The summed E-state index contributed by atoms with van der Waals surface area (Å²) in [6.45, 7) is 0.856. The minimum atomic E-state index is -0.0985. The molecule has 116 valence electrons. The Morgan fingerprint density at radius 2 is 2.23 bits per heavy atom. The van der Waals surface area contributed by atoms with Crippen LogP contribution in [0, 0.1) is 0 Å². The number of carbonyl (C=O) groups excluding carboxylic acids is 1. The van der Waals surface area contributed by atoms with Crippen molar-refractivity contribution < 1.29 is 4.79 Å². The van der Waals surface area contributed by atoms with Crippen molar-refractivity contribution in [1.29, 1.82) is 0 Å². The Morgan fingerprint density at radius 3 is 2.91 bits per heavy atom. The lowest BCUT2D eigenvalue weighted by Crippen LogP contribution is -2.30. The van der Waals surface area contributed by atoms with Crippen LogP contribution in [0.4, 0.5) is 0 Å². The Labute approximate surface area is 133 Å². The highest BCUT2D eigenvalue weighted by atomic mass is 32.1. The molecule has 0 aromatic carbocycles. The average molecular weight is 317 g/mol. The lowest BCUT2D eigenvalue weighted by atomic mass is 10.0. The zero-order valence-electron chi connectivity index (χ0n) is 12.3. The molecule has 22 heavy (non-hydrogen) atoms. The molecule has 1 saturated carbocycles. The van der Waals surface area contributed by atoms with Gasteiger partial charge in [0.2, 0.25) is 0 Å². The lowest BCUT2D eigenvalue weighted by Gasteiger charge is -2.10. The summed E-state index contributed by atoms with van der Waals surface area (Å²) in [6, 6.07) is 5.27. The fraction of sp³-hybridized carbons (Fsp3) is 0.438. The molecular formula is C16H19N3O2S. The van der Waals surface area contributed by atoms with Crippen LogP contribution in [0.15, 0.2) is 34.7 Å². The molecule has 1 aliphatic carbocycles. The molecule has 2 aromatic rings. The molecule has 1 N–H and O–H groups in total. The molecule has 0 bridgehead atoms. The van der Waals surface area contributed by atoms with E-state index in [9.17, 15) is 9.59 Å². The van der Waals surface area contributed by atoms with Crippen LogP contribution < -0.4 is 10.9 Å². The predicted octanol–water partition coefficient (Wildman–Crippen LogP) is 2.39. The van der Waals surface area contributed by atoms with Gasteiger partial charge in [-0.1, -0.05) is 18.9 Å². The molecule has 0 spiro atoms. The number of hydrogen-bond donors (Lipinski definition) is 1. The summed E-state index contributed by atoms with van der Waals surface area (Å²) in [5.74, 6) is 0.347. The van der Waals surface area contributed by atoms with Gasteiger partial charge in [-0.25, -0.2) is 4.98 Å². The number of aromatic nitrogens is 2. The number of nitrogens with zero attached hydrogens (tertiary/aromatic N) is 2. The van der Waals surface area contributed by atoms with Crippen molar-refractivity contribution in [3.63, 3.8) is 0 Å². The van der Waals surface area contributed by atoms with E-state index in [-0.39, 0.29) is 11.5 Å². The van der Waals surface area contributed by atoms with Crippen LogP contribution in [0.2, 0.25) is 0 Å². The van der Waals surface area contributed by atoms with E-state index in [1.807, 2.05) is 11.4 Å². The van der Waals surface area contributed by atoms with Crippen LogP contribution in [0.5, 0.6) is 0 Å². The molecular weight excluding hydrogens is 298 g/mol. The van der Waals surface area contributed by atoms with Crippen LogP contribution in [0.3, 0.4) is 0 Å². The maximum absolute atomic E-state index is 12.1. The van der Waals surface area contributed by atoms with E-state index in [2.05, 4.69) is 10.3 Å². The van der Waals surface area contributed by atoms with E-state index in [0.29, 0.717) is 23.9 Å². The van der Waals surface area contributed by atoms with Crippen molar-refractivity contribution in [1.82, 2.24) is 14.9 Å². The van der Waals surface area contributed by atoms with Crippen molar-refractivity contribution >= 4 is 17.2 Å². The molecule has 0 unspecified atom stereocenters. The SMILES string of the molecule is O=C(NCCn1cnc(C2CCCC2)cc1=O)c1cccs1. The van der Waals surface area contributed by atoms with E-state index >= 15 is 0 Å². The minimum absolute atomic E-state index is 0.0396. The van der Waals surface area contributed by atoms with Gasteiger partial charge >= 0.3 is 0 Å². The Kier molecular flexibility index (Phi) is 4.68. The first-order chi connectivity index (χ1) is 10.7. The highest BCUT2D eigenvalue weighted by molar-refractivity contribution is 7.12. The standard InChI is InChI=1S/C16H19N3O2S/c20-15-10-13(12-4-1-2-5-12)18-11-19(15)8-7-17-16(21)14-6-3-9-22-14/h3,6,9-12H,1-2,4-5,7-8H2,(H,17,21). The van der Waals surface area contributed by atoms with Crippen molar-refractivity contribution in [2.75, 3.05) is 6.54 Å². The van der Waals surface area contributed by atoms with Gasteiger partial charge in [-0.15, -0.1) is 11.3 Å². The second-order valence-corrected chi connectivity index (χ2v) is 6.51. The van der Waals surface area contributed by atoms with Gasteiger partial charge in [-0.05, 0) is 24.3 Å². The largest absolute Gasteiger partial charge is 0.350 e. The van der Waals surface area contributed by atoms with E-state index < -0.39 is 0 Å². The summed E-state index contributed by atoms with van der Waals surface area (Å²) in [5.41, 5.74) is 0.878. The molecule has 3 rings (SSSR count). The van der Waals surface area contributed by atoms with E-state index in [4.69, 9.17) is 0 Å². The molecule has 0 aliphatic heterocycles. The van der Waals surface area contributed by atoms with Gasteiger partial charge in [-0.3, -0.25) is 14.2 Å². The van der Waals surface area contributed by atoms with Crippen LogP contribution in [-0.4, -0.2) is 22.0 Å². The topological polar surface area (TPSA) is 64.0 Å². The highest BCUT2D eigenvalue weighted by Gasteiger charge is 2.18. The van der Waals surface area contributed by atoms with Crippen LogP contribution >= 0.6 is 11.3 Å². The maximum Gasteiger partial charge on any atom is 0.261 e. The number of amides is 1. The van der Waals surface area contributed by atoms with Gasteiger partial charge in [0.15, 0.2) is 0 Å². The zero-order chi connectivity index (χ0) is 15.4. The fourth-order valence-electron chi connectivity index (χ4n) is 2.84. The zero-order valence-corrected chi connectivity index (χ0v) is 13.1. The minimum Gasteiger partial charge on any atom is -0.350 e. The summed E-state index contributed by atoms with van der Waals surface area (Å²) in [4.78, 5) is 29.0. The maximum atomic E-state index is 12.1. The third-order valence-corrected chi connectivity index (χ3v) is 4.93. The third-order valence-electron chi connectivity index (χ3n) is 4.06. The van der Waals surface area contributed by atoms with Gasteiger partial charge in [0.25, 0.3) is 11.5 Å². The van der Waals surface area contributed by atoms with Gasteiger partial charge in [0, 0.05) is 25.1 Å². The Balaban J connectivity index is 1.56. The van der Waals surface area contributed by atoms with Gasteiger partial charge in [0.1, 0.15) is 0 Å². The number of carbonyl (C=O) groups is 1. The third kappa shape index (κ3) is 3.44. The Morgan fingerprint density at radius 1 is 1.41 bits per heavy atom. The lowest BCUT2D eigenvalue weighted by molar-refractivity contribution is 0.0956. The monoisotopic (exact) mass is 317 g/mol. The normalized spacial score (nSPS) is 15.1. The molecule has 0 atom stereocenters. The molecule has 2 aromatic heterocycles. The molecule has 1 amide bonds. The highest BCUT2D eigenvalue weighted by Crippen LogP contribution is 2.32. The van der Waals surface area contributed by atoms with Crippen LogP contribution in [-0.2, 0) is 6.54 Å². The molecule has 2 heterocycles. The molecule has 6 heteroatoms. The summed E-state index contributed by atoms with van der Waals surface area (Å²) >= 11 is 1.40. The van der Waals surface area contributed by atoms with Crippen molar-refractivity contribution in [2.24, 2.45) is 0 Å². The smallest absolute Gasteiger partial charge is 0.261 e. The van der Waals surface area contributed by atoms with E-state index in [1.165, 1.54) is 24.2 Å². The summed E-state index contributed by atoms with van der Waals surface area (Å²) in [6.07, 6.45) is 6.32.